The summed E-state index contributed by atoms with van der Waals surface area (Å²) in [6.07, 6.45) is 5.24. The van der Waals surface area contributed by atoms with E-state index in [4.69, 9.17) is 10.5 Å². The minimum Gasteiger partial charge on any atom is -0.376 e. The SMILES string of the molecule is Nc1nc2c(c(=O)[nH]1)CCC21CCN(CC2CN(Cc3ccccc3)CCCO2)CC1. The molecular formula is C24H33N5O2. The molecule has 7 nitrogen and oxygen atoms in total. The second-order valence-corrected chi connectivity index (χ2v) is 9.43. The summed E-state index contributed by atoms with van der Waals surface area (Å²) in [4.78, 5) is 24.6. The van der Waals surface area contributed by atoms with Crippen LogP contribution in [0.1, 0.15) is 42.5 Å². The Bertz CT molecular complexity index is 952. The molecule has 0 radical (unpaired) electrons. The number of nitrogens with one attached hydrogen (secondary N) is 1. The number of ether oxygens (including phenoxy) is 1. The molecule has 1 atom stereocenters. The molecule has 1 aromatic carbocycles. The van der Waals surface area contributed by atoms with E-state index in [1.807, 2.05) is 0 Å². The van der Waals surface area contributed by atoms with Gasteiger partial charge in [-0.25, -0.2) is 4.98 Å². The maximum absolute atomic E-state index is 12.3. The monoisotopic (exact) mass is 423 g/mol. The van der Waals surface area contributed by atoms with Crippen LogP contribution in [0.5, 0.6) is 0 Å². The Morgan fingerprint density at radius 3 is 2.74 bits per heavy atom. The van der Waals surface area contributed by atoms with Crippen molar-refractivity contribution in [3.8, 4) is 0 Å². The molecule has 2 aliphatic heterocycles. The summed E-state index contributed by atoms with van der Waals surface area (Å²) in [7, 11) is 0. The van der Waals surface area contributed by atoms with Gasteiger partial charge >= 0.3 is 0 Å². The van der Waals surface area contributed by atoms with Gasteiger partial charge in [0.2, 0.25) is 5.95 Å². The molecule has 3 heterocycles. The van der Waals surface area contributed by atoms with Crippen molar-refractivity contribution in [2.45, 2.75) is 50.2 Å². The molecule has 0 saturated carbocycles. The number of piperidine rings is 1. The van der Waals surface area contributed by atoms with Crippen molar-refractivity contribution in [2.24, 2.45) is 0 Å². The van der Waals surface area contributed by atoms with E-state index in [2.05, 4.69) is 50.1 Å². The van der Waals surface area contributed by atoms with Gasteiger partial charge in [0.05, 0.1) is 11.8 Å². The number of aromatic nitrogens is 2. The van der Waals surface area contributed by atoms with E-state index in [0.29, 0.717) is 0 Å². The number of benzene rings is 1. The highest BCUT2D eigenvalue weighted by Gasteiger charge is 2.44. The van der Waals surface area contributed by atoms with Crippen molar-refractivity contribution in [3.05, 3.63) is 57.5 Å². The van der Waals surface area contributed by atoms with Gasteiger partial charge in [-0.2, -0.15) is 0 Å². The first-order valence-electron chi connectivity index (χ1n) is 11.6. The van der Waals surface area contributed by atoms with Crippen LogP contribution in [0, 0.1) is 0 Å². The summed E-state index contributed by atoms with van der Waals surface area (Å²) in [6.45, 7) is 6.91. The molecular weight excluding hydrogens is 390 g/mol. The molecule has 31 heavy (non-hydrogen) atoms. The molecule has 1 aliphatic carbocycles. The molecule has 1 aromatic heterocycles. The number of H-pyrrole nitrogens is 1. The summed E-state index contributed by atoms with van der Waals surface area (Å²) in [6, 6.07) is 10.7. The molecule has 1 unspecified atom stereocenters. The van der Waals surface area contributed by atoms with Crippen LogP contribution in [0.2, 0.25) is 0 Å². The van der Waals surface area contributed by atoms with Crippen molar-refractivity contribution in [1.29, 1.82) is 0 Å². The molecule has 0 amide bonds. The van der Waals surface area contributed by atoms with E-state index < -0.39 is 0 Å². The van der Waals surface area contributed by atoms with E-state index in [1.54, 1.807) is 0 Å². The Kier molecular flexibility index (Phi) is 5.82. The number of hydrogen-bond donors (Lipinski definition) is 2. The third kappa shape index (κ3) is 4.40. The van der Waals surface area contributed by atoms with Crippen LogP contribution in [-0.4, -0.2) is 65.2 Å². The first kappa shape index (κ1) is 20.7. The van der Waals surface area contributed by atoms with Crippen molar-refractivity contribution in [3.63, 3.8) is 0 Å². The summed E-state index contributed by atoms with van der Waals surface area (Å²) >= 11 is 0. The van der Waals surface area contributed by atoms with Crippen LogP contribution < -0.4 is 11.3 Å². The van der Waals surface area contributed by atoms with Gasteiger partial charge < -0.3 is 15.4 Å². The largest absolute Gasteiger partial charge is 0.376 e. The predicted molar refractivity (Wildman–Crippen MR) is 121 cm³/mol. The van der Waals surface area contributed by atoms with Crippen LogP contribution >= 0.6 is 0 Å². The zero-order chi connectivity index (χ0) is 21.3. The second kappa shape index (κ2) is 8.73. The molecule has 166 valence electrons. The van der Waals surface area contributed by atoms with E-state index in [-0.39, 0.29) is 23.0 Å². The molecule has 7 heteroatoms. The highest BCUT2D eigenvalue weighted by molar-refractivity contribution is 5.36. The summed E-state index contributed by atoms with van der Waals surface area (Å²) in [5, 5.41) is 0. The average Bonchev–Trinajstić information content (AvgIpc) is 2.96. The lowest BCUT2D eigenvalue weighted by Gasteiger charge is -2.40. The Labute approximate surface area is 183 Å². The van der Waals surface area contributed by atoms with Crippen LogP contribution in [0.25, 0.3) is 0 Å². The van der Waals surface area contributed by atoms with Gasteiger partial charge in [-0.05, 0) is 50.8 Å². The fourth-order valence-electron chi connectivity index (χ4n) is 5.67. The van der Waals surface area contributed by atoms with Gasteiger partial charge in [-0.3, -0.25) is 14.7 Å². The number of fused-ring (bicyclic) bond motifs is 2. The van der Waals surface area contributed by atoms with Gasteiger partial charge in [0.1, 0.15) is 0 Å². The highest BCUT2D eigenvalue weighted by atomic mass is 16.5. The topological polar surface area (TPSA) is 87.5 Å². The Morgan fingerprint density at radius 2 is 1.94 bits per heavy atom. The van der Waals surface area contributed by atoms with Gasteiger partial charge in [-0.1, -0.05) is 30.3 Å². The van der Waals surface area contributed by atoms with Crippen LogP contribution in [0.4, 0.5) is 5.95 Å². The number of nitrogen functional groups attached to an aromatic ring is 1. The third-order valence-corrected chi connectivity index (χ3v) is 7.35. The van der Waals surface area contributed by atoms with Crippen molar-refractivity contribution >= 4 is 5.95 Å². The molecule has 1 spiro atoms. The molecule has 2 aromatic rings. The first-order chi connectivity index (χ1) is 15.1. The lowest BCUT2D eigenvalue weighted by atomic mass is 9.76. The van der Waals surface area contributed by atoms with Crippen molar-refractivity contribution in [2.75, 3.05) is 45.1 Å². The predicted octanol–water partition coefficient (Wildman–Crippen LogP) is 1.92. The van der Waals surface area contributed by atoms with Gasteiger partial charge in [0, 0.05) is 43.8 Å². The summed E-state index contributed by atoms with van der Waals surface area (Å²) < 4.78 is 6.22. The molecule has 0 bridgehead atoms. The summed E-state index contributed by atoms with van der Waals surface area (Å²) in [5.41, 5.74) is 9.02. The van der Waals surface area contributed by atoms with Gasteiger partial charge in [0.25, 0.3) is 5.56 Å². The maximum atomic E-state index is 12.3. The minimum atomic E-state index is -0.0489. The number of rotatable bonds is 4. The lowest BCUT2D eigenvalue weighted by molar-refractivity contribution is 0.0151. The lowest BCUT2D eigenvalue weighted by Crippen LogP contribution is -2.47. The van der Waals surface area contributed by atoms with E-state index in [9.17, 15) is 4.79 Å². The van der Waals surface area contributed by atoms with Gasteiger partial charge in [-0.15, -0.1) is 0 Å². The third-order valence-electron chi connectivity index (χ3n) is 7.35. The average molecular weight is 424 g/mol. The fourth-order valence-corrected chi connectivity index (χ4v) is 5.67. The Hall–Kier alpha value is -2.22. The number of likely N-dealkylation sites (tertiary alicyclic amines) is 1. The van der Waals surface area contributed by atoms with E-state index >= 15 is 0 Å². The smallest absolute Gasteiger partial charge is 0.255 e. The van der Waals surface area contributed by atoms with Crippen LogP contribution in [0.15, 0.2) is 35.1 Å². The second-order valence-electron chi connectivity index (χ2n) is 9.43. The first-order valence-corrected chi connectivity index (χ1v) is 11.6. The standard InChI is InChI=1S/C24H33N5O2/c25-23-26-21-20(22(30)27-23)7-8-24(21)9-12-28(13-10-24)16-19-17-29(11-4-14-31-19)15-18-5-2-1-3-6-18/h1-3,5-6,19H,4,7-17H2,(H3,25,26,27,30). The molecule has 5 rings (SSSR count). The zero-order valence-electron chi connectivity index (χ0n) is 18.2. The number of hydrogen-bond acceptors (Lipinski definition) is 6. The Morgan fingerprint density at radius 1 is 1.13 bits per heavy atom. The van der Waals surface area contributed by atoms with Crippen LogP contribution in [0.3, 0.4) is 0 Å². The number of aromatic amines is 1. The van der Waals surface area contributed by atoms with Gasteiger partial charge in [0.15, 0.2) is 0 Å². The fraction of sp³-hybridized carbons (Fsp3) is 0.583. The van der Waals surface area contributed by atoms with Crippen molar-refractivity contribution in [1.82, 2.24) is 19.8 Å². The van der Waals surface area contributed by atoms with Crippen LogP contribution in [-0.2, 0) is 23.1 Å². The summed E-state index contributed by atoms with van der Waals surface area (Å²) in [5.74, 6) is 0.248. The zero-order valence-corrected chi connectivity index (χ0v) is 18.2. The highest BCUT2D eigenvalue weighted by Crippen LogP contribution is 2.44. The number of nitrogens with zero attached hydrogens (tertiary/aromatic N) is 3. The molecule has 2 saturated heterocycles. The number of nitrogens with two attached hydrogens (primary N) is 1. The van der Waals surface area contributed by atoms with E-state index in [0.717, 1.165) is 89.2 Å². The van der Waals surface area contributed by atoms with E-state index in [1.165, 1.54) is 5.56 Å². The quantitative estimate of drug-likeness (QED) is 0.781. The molecule has 3 N–H and O–H groups in total. The molecule has 3 aliphatic rings. The Balaban J connectivity index is 1.20. The normalized spacial score (nSPS) is 24.2. The minimum absolute atomic E-state index is 0.0257. The van der Waals surface area contributed by atoms with Crippen molar-refractivity contribution < 1.29 is 4.74 Å². The molecule has 2 fully saturated rings. The maximum Gasteiger partial charge on any atom is 0.255 e. The number of anilines is 1.